The summed E-state index contributed by atoms with van der Waals surface area (Å²) >= 11 is 3.68. The molecule has 1 aliphatic rings. The van der Waals surface area contributed by atoms with Crippen molar-refractivity contribution in [3.05, 3.63) is 15.9 Å². The summed E-state index contributed by atoms with van der Waals surface area (Å²) in [6.45, 7) is 2.12. The standard InChI is InChI=1S/C16H28BrN3O/c1-4-13-15(17)14(20(2)19-13)10-12(18)16(21-3)11-8-6-5-7-9-11/h11-12,16H,4-10,18H2,1-3H3. The number of hydrogen-bond donors (Lipinski definition) is 1. The number of rotatable bonds is 6. The molecule has 2 unspecified atom stereocenters. The highest BCUT2D eigenvalue weighted by Crippen LogP contribution is 2.30. The summed E-state index contributed by atoms with van der Waals surface area (Å²) in [5.74, 6) is 0.608. The molecule has 0 saturated heterocycles. The zero-order chi connectivity index (χ0) is 15.4. The summed E-state index contributed by atoms with van der Waals surface area (Å²) in [5, 5.41) is 4.55. The second-order valence-corrected chi connectivity index (χ2v) is 6.94. The molecule has 5 heteroatoms. The van der Waals surface area contributed by atoms with Crippen molar-refractivity contribution in [2.75, 3.05) is 7.11 Å². The lowest BCUT2D eigenvalue weighted by Gasteiger charge is -2.33. The Labute approximate surface area is 136 Å². The minimum Gasteiger partial charge on any atom is -0.380 e. The summed E-state index contributed by atoms with van der Waals surface area (Å²) in [6.07, 6.45) is 8.36. The van der Waals surface area contributed by atoms with E-state index in [2.05, 4.69) is 28.0 Å². The Morgan fingerprint density at radius 1 is 1.38 bits per heavy atom. The average Bonchev–Trinajstić information content (AvgIpc) is 2.76. The number of hydrogen-bond acceptors (Lipinski definition) is 3. The fraction of sp³-hybridized carbons (Fsp3) is 0.812. The van der Waals surface area contributed by atoms with Crippen molar-refractivity contribution in [1.29, 1.82) is 0 Å². The Balaban J connectivity index is 2.08. The number of aryl methyl sites for hydroxylation is 2. The molecule has 0 aliphatic heterocycles. The molecule has 4 nitrogen and oxygen atoms in total. The summed E-state index contributed by atoms with van der Waals surface area (Å²) in [5.41, 5.74) is 8.77. The maximum atomic E-state index is 6.49. The zero-order valence-electron chi connectivity index (χ0n) is 13.4. The minimum atomic E-state index is 0.0227. The van der Waals surface area contributed by atoms with Crippen LogP contribution in [0.1, 0.15) is 50.4 Å². The summed E-state index contributed by atoms with van der Waals surface area (Å²) in [6, 6.07) is 0.0227. The van der Waals surface area contributed by atoms with E-state index in [1.807, 2.05) is 11.7 Å². The predicted molar refractivity (Wildman–Crippen MR) is 89.3 cm³/mol. The van der Waals surface area contributed by atoms with Crippen molar-refractivity contribution >= 4 is 15.9 Å². The van der Waals surface area contributed by atoms with E-state index < -0.39 is 0 Å². The fourth-order valence-corrected chi connectivity index (χ4v) is 4.34. The van der Waals surface area contributed by atoms with Crippen LogP contribution in [0.2, 0.25) is 0 Å². The number of nitrogens with two attached hydrogens (primary N) is 1. The van der Waals surface area contributed by atoms with Crippen LogP contribution in [0, 0.1) is 5.92 Å². The molecule has 1 aromatic rings. The van der Waals surface area contributed by atoms with Crippen LogP contribution in [0.4, 0.5) is 0 Å². The monoisotopic (exact) mass is 357 g/mol. The normalized spacial score (nSPS) is 19.7. The van der Waals surface area contributed by atoms with E-state index in [0.29, 0.717) is 5.92 Å². The molecule has 2 N–H and O–H groups in total. The highest BCUT2D eigenvalue weighted by Gasteiger charge is 2.30. The topological polar surface area (TPSA) is 53.1 Å². The fourth-order valence-electron chi connectivity index (χ4n) is 3.56. The van der Waals surface area contributed by atoms with E-state index in [4.69, 9.17) is 10.5 Å². The molecule has 0 radical (unpaired) electrons. The van der Waals surface area contributed by atoms with E-state index >= 15 is 0 Å². The molecule has 0 bridgehead atoms. The zero-order valence-corrected chi connectivity index (χ0v) is 15.0. The van der Waals surface area contributed by atoms with Crippen molar-refractivity contribution in [1.82, 2.24) is 9.78 Å². The van der Waals surface area contributed by atoms with Crippen LogP contribution in [0.3, 0.4) is 0 Å². The van der Waals surface area contributed by atoms with E-state index in [0.717, 1.165) is 23.0 Å². The average molecular weight is 358 g/mol. The lowest BCUT2D eigenvalue weighted by atomic mass is 9.82. The van der Waals surface area contributed by atoms with Gasteiger partial charge in [-0.3, -0.25) is 4.68 Å². The van der Waals surface area contributed by atoms with E-state index in [-0.39, 0.29) is 12.1 Å². The highest BCUT2D eigenvalue weighted by molar-refractivity contribution is 9.10. The summed E-state index contributed by atoms with van der Waals surface area (Å²) in [4.78, 5) is 0. The smallest absolute Gasteiger partial charge is 0.0766 e. The van der Waals surface area contributed by atoms with Gasteiger partial charge in [0.15, 0.2) is 0 Å². The lowest BCUT2D eigenvalue weighted by molar-refractivity contribution is 0.0175. The van der Waals surface area contributed by atoms with Gasteiger partial charge in [0.1, 0.15) is 0 Å². The van der Waals surface area contributed by atoms with Crippen LogP contribution >= 0.6 is 15.9 Å². The molecule has 0 amide bonds. The first-order valence-electron chi connectivity index (χ1n) is 8.07. The quantitative estimate of drug-likeness (QED) is 0.850. The molecule has 2 rings (SSSR count). The molecular weight excluding hydrogens is 330 g/mol. The van der Waals surface area contributed by atoms with Crippen LogP contribution in [-0.4, -0.2) is 29.0 Å². The van der Waals surface area contributed by atoms with Gasteiger partial charge >= 0.3 is 0 Å². The van der Waals surface area contributed by atoms with Gasteiger partial charge in [-0.1, -0.05) is 26.2 Å². The first-order valence-corrected chi connectivity index (χ1v) is 8.86. The third-order valence-electron chi connectivity index (χ3n) is 4.74. The Kier molecular flexibility index (Phi) is 6.26. The second kappa shape index (κ2) is 7.75. The van der Waals surface area contributed by atoms with Gasteiger partial charge in [-0.15, -0.1) is 0 Å². The van der Waals surface area contributed by atoms with E-state index in [1.54, 1.807) is 7.11 Å². The molecule has 0 spiro atoms. The van der Waals surface area contributed by atoms with Crippen molar-refractivity contribution < 1.29 is 4.74 Å². The van der Waals surface area contributed by atoms with Gasteiger partial charge in [0.05, 0.1) is 22.0 Å². The van der Waals surface area contributed by atoms with Crippen LogP contribution < -0.4 is 5.73 Å². The molecule has 120 valence electrons. The predicted octanol–water partition coefficient (Wildman–Crippen LogP) is 3.21. The third kappa shape index (κ3) is 3.88. The Bertz CT molecular complexity index is 455. The number of nitrogens with zero attached hydrogens (tertiary/aromatic N) is 2. The SMILES string of the molecule is CCc1nn(C)c(CC(N)C(OC)C2CCCCC2)c1Br. The van der Waals surface area contributed by atoms with Crippen molar-refractivity contribution in [3.8, 4) is 0 Å². The van der Waals surface area contributed by atoms with Crippen LogP contribution in [-0.2, 0) is 24.6 Å². The minimum absolute atomic E-state index is 0.0227. The van der Waals surface area contributed by atoms with Crippen molar-refractivity contribution in [2.45, 2.75) is 64.0 Å². The molecule has 1 aromatic heterocycles. The van der Waals surface area contributed by atoms with Crippen LogP contribution in [0.25, 0.3) is 0 Å². The first-order chi connectivity index (χ1) is 10.1. The summed E-state index contributed by atoms with van der Waals surface area (Å²) in [7, 11) is 3.79. The number of halogens is 1. The Hall–Kier alpha value is -0.390. The van der Waals surface area contributed by atoms with E-state index in [1.165, 1.54) is 37.8 Å². The maximum absolute atomic E-state index is 6.49. The Morgan fingerprint density at radius 2 is 2.05 bits per heavy atom. The van der Waals surface area contributed by atoms with E-state index in [9.17, 15) is 0 Å². The van der Waals surface area contributed by atoms with Gasteiger partial charge in [-0.2, -0.15) is 5.10 Å². The molecule has 1 saturated carbocycles. The summed E-state index contributed by atoms with van der Waals surface area (Å²) < 4.78 is 8.83. The van der Waals surface area contributed by atoms with Gasteiger partial charge in [-0.05, 0) is 41.1 Å². The molecule has 1 aliphatic carbocycles. The van der Waals surface area contributed by atoms with Gasteiger partial charge in [0, 0.05) is 26.6 Å². The lowest BCUT2D eigenvalue weighted by Crippen LogP contribution is -2.44. The Morgan fingerprint density at radius 3 is 2.57 bits per heavy atom. The molecule has 2 atom stereocenters. The molecule has 1 heterocycles. The molecule has 1 fully saturated rings. The largest absolute Gasteiger partial charge is 0.380 e. The van der Waals surface area contributed by atoms with Gasteiger partial charge in [-0.25, -0.2) is 0 Å². The third-order valence-corrected chi connectivity index (χ3v) is 5.66. The highest BCUT2D eigenvalue weighted by atomic mass is 79.9. The van der Waals surface area contributed by atoms with Gasteiger partial charge < -0.3 is 10.5 Å². The molecule has 0 aromatic carbocycles. The molecular formula is C16H28BrN3O. The first kappa shape index (κ1) is 17.0. The number of aromatic nitrogens is 2. The number of ether oxygens (including phenoxy) is 1. The maximum Gasteiger partial charge on any atom is 0.0766 e. The number of methoxy groups -OCH3 is 1. The van der Waals surface area contributed by atoms with Gasteiger partial charge in [0.25, 0.3) is 0 Å². The van der Waals surface area contributed by atoms with Crippen molar-refractivity contribution in [2.24, 2.45) is 18.7 Å². The second-order valence-electron chi connectivity index (χ2n) is 6.15. The van der Waals surface area contributed by atoms with Crippen LogP contribution in [0.5, 0.6) is 0 Å². The molecule has 21 heavy (non-hydrogen) atoms. The van der Waals surface area contributed by atoms with Crippen LogP contribution in [0.15, 0.2) is 4.47 Å². The van der Waals surface area contributed by atoms with Gasteiger partial charge in [0.2, 0.25) is 0 Å². The van der Waals surface area contributed by atoms with Crippen molar-refractivity contribution in [3.63, 3.8) is 0 Å².